The van der Waals surface area contributed by atoms with Crippen molar-refractivity contribution in [3.8, 4) is 0 Å². The van der Waals surface area contributed by atoms with Gasteiger partial charge in [-0.05, 0) is 12.1 Å². The molecule has 154 valence electrons. The molecule has 0 radical (unpaired) electrons. The first kappa shape index (κ1) is 23.3. The number of Topliss-reactive ketones (excluding diaryl/α,β-unsaturated/α-hetero) is 1. The lowest BCUT2D eigenvalue weighted by Crippen LogP contribution is -2.51. The number of hydrogen-bond acceptors (Lipinski definition) is 5. The molecule has 0 aliphatic rings. The lowest BCUT2D eigenvalue weighted by molar-refractivity contribution is -0.130. The molecule has 1 rings (SSSR count). The van der Waals surface area contributed by atoms with Gasteiger partial charge in [0.05, 0.1) is 19.6 Å². The minimum absolute atomic E-state index is 0.0862. The largest absolute Gasteiger partial charge is 0.347 e. The Morgan fingerprint density at radius 2 is 1.57 bits per heavy atom. The normalized spacial score (nSPS) is 11.6. The highest BCUT2D eigenvalue weighted by atomic mass is 16.2. The fourth-order valence-corrected chi connectivity index (χ4v) is 2.29. The Morgan fingerprint density at radius 1 is 0.893 bits per heavy atom. The molecule has 28 heavy (non-hydrogen) atoms. The molecule has 0 saturated carbocycles. The van der Waals surface area contributed by atoms with E-state index >= 15 is 0 Å². The third-order valence-corrected chi connectivity index (χ3v) is 4.00. The fraction of sp³-hybridized carbons (Fsp3) is 0.500. The van der Waals surface area contributed by atoms with Crippen LogP contribution in [0, 0.1) is 5.92 Å². The van der Waals surface area contributed by atoms with Crippen LogP contribution < -0.4 is 21.3 Å². The van der Waals surface area contributed by atoms with Crippen molar-refractivity contribution in [1.82, 2.24) is 21.3 Å². The van der Waals surface area contributed by atoms with Crippen molar-refractivity contribution in [3.63, 3.8) is 0 Å². The summed E-state index contributed by atoms with van der Waals surface area (Å²) in [4.78, 5) is 48.0. The molecule has 8 nitrogen and oxygen atoms in total. The Labute approximate surface area is 165 Å². The Morgan fingerprint density at radius 3 is 2.18 bits per heavy atom. The monoisotopic (exact) mass is 390 g/mol. The SMILES string of the molecule is CCNCC(=O)NCC(=O)N[C@@H](Cc1ccccc1)C(=O)NCC(=O)C(C)C. The van der Waals surface area contributed by atoms with Crippen LogP contribution in [0.4, 0.5) is 0 Å². The van der Waals surface area contributed by atoms with Gasteiger partial charge in [-0.1, -0.05) is 51.1 Å². The van der Waals surface area contributed by atoms with Crippen LogP contribution >= 0.6 is 0 Å². The van der Waals surface area contributed by atoms with E-state index in [0.29, 0.717) is 6.54 Å². The van der Waals surface area contributed by atoms with Gasteiger partial charge >= 0.3 is 0 Å². The molecule has 0 spiro atoms. The first-order valence-electron chi connectivity index (χ1n) is 9.44. The number of likely N-dealkylation sites (N-methyl/N-ethyl adjacent to an activating group) is 1. The van der Waals surface area contributed by atoms with Gasteiger partial charge in [-0.3, -0.25) is 19.2 Å². The summed E-state index contributed by atoms with van der Waals surface area (Å²) >= 11 is 0. The Hall–Kier alpha value is -2.74. The summed E-state index contributed by atoms with van der Waals surface area (Å²) in [5.41, 5.74) is 0.870. The van der Waals surface area contributed by atoms with Crippen LogP contribution in [0.15, 0.2) is 30.3 Å². The van der Waals surface area contributed by atoms with Gasteiger partial charge in [0.15, 0.2) is 5.78 Å². The van der Waals surface area contributed by atoms with Crippen molar-refractivity contribution in [2.75, 3.05) is 26.2 Å². The highest BCUT2D eigenvalue weighted by Gasteiger charge is 2.22. The van der Waals surface area contributed by atoms with Crippen LogP contribution in [0.3, 0.4) is 0 Å². The maximum Gasteiger partial charge on any atom is 0.243 e. The summed E-state index contributed by atoms with van der Waals surface area (Å²) in [6.07, 6.45) is 0.277. The minimum atomic E-state index is -0.847. The van der Waals surface area contributed by atoms with Gasteiger partial charge in [0.2, 0.25) is 17.7 Å². The Balaban J connectivity index is 2.66. The predicted molar refractivity (Wildman–Crippen MR) is 106 cm³/mol. The summed E-state index contributed by atoms with van der Waals surface area (Å²) in [5.74, 6) is -1.49. The van der Waals surface area contributed by atoms with Crippen molar-refractivity contribution in [3.05, 3.63) is 35.9 Å². The minimum Gasteiger partial charge on any atom is -0.347 e. The molecular weight excluding hydrogens is 360 g/mol. The first-order chi connectivity index (χ1) is 13.3. The number of ketones is 1. The maximum atomic E-state index is 12.5. The number of carbonyl (C=O) groups is 4. The summed E-state index contributed by atoms with van der Waals surface area (Å²) in [6, 6.07) is 8.40. The van der Waals surface area contributed by atoms with Gasteiger partial charge in [0, 0.05) is 12.3 Å². The topological polar surface area (TPSA) is 116 Å². The molecule has 0 aliphatic carbocycles. The average Bonchev–Trinajstić information content (AvgIpc) is 2.68. The fourth-order valence-electron chi connectivity index (χ4n) is 2.29. The van der Waals surface area contributed by atoms with Gasteiger partial charge in [-0.15, -0.1) is 0 Å². The van der Waals surface area contributed by atoms with Crippen LogP contribution in [0.5, 0.6) is 0 Å². The molecule has 0 bridgehead atoms. The number of rotatable bonds is 12. The summed E-state index contributed by atoms with van der Waals surface area (Å²) in [5, 5.41) is 10.6. The van der Waals surface area contributed by atoms with Crippen molar-refractivity contribution in [1.29, 1.82) is 0 Å². The molecule has 0 fully saturated rings. The standard InChI is InChI=1S/C20H30N4O4/c1-4-21-12-18(26)22-13-19(27)24-16(10-15-8-6-5-7-9-15)20(28)23-11-17(25)14(2)3/h5-9,14,16,21H,4,10-13H2,1-3H3,(H,22,26)(H,23,28)(H,24,27)/t16-/m0/s1. The van der Waals surface area contributed by atoms with E-state index < -0.39 is 17.9 Å². The molecule has 3 amide bonds. The van der Waals surface area contributed by atoms with E-state index in [1.807, 2.05) is 37.3 Å². The molecule has 0 saturated heterocycles. The van der Waals surface area contributed by atoms with Crippen LogP contribution in [-0.2, 0) is 25.6 Å². The van der Waals surface area contributed by atoms with Crippen molar-refractivity contribution in [2.45, 2.75) is 33.2 Å². The summed E-state index contributed by atoms with van der Waals surface area (Å²) < 4.78 is 0. The van der Waals surface area contributed by atoms with E-state index in [9.17, 15) is 19.2 Å². The van der Waals surface area contributed by atoms with E-state index in [1.54, 1.807) is 13.8 Å². The number of nitrogens with one attached hydrogen (secondary N) is 4. The van der Waals surface area contributed by atoms with E-state index in [-0.39, 0.29) is 43.7 Å². The molecule has 0 aromatic heterocycles. The smallest absolute Gasteiger partial charge is 0.243 e. The van der Waals surface area contributed by atoms with Gasteiger partial charge in [0.25, 0.3) is 0 Å². The molecular formula is C20H30N4O4. The van der Waals surface area contributed by atoms with Crippen LogP contribution in [0.1, 0.15) is 26.3 Å². The zero-order chi connectivity index (χ0) is 20.9. The van der Waals surface area contributed by atoms with Crippen LogP contribution in [-0.4, -0.2) is 55.7 Å². The van der Waals surface area contributed by atoms with Crippen molar-refractivity contribution >= 4 is 23.5 Å². The Kier molecular flexibility index (Phi) is 10.5. The average molecular weight is 390 g/mol. The van der Waals surface area contributed by atoms with Gasteiger partial charge < -0.3 is 21.3 Å². The predicted octanol–water partition coefficient (Wildman–Crippen LogP) is -0.219. The molecule has 8 heteroatoms. The van der Waals surface area contributed by atoms with E-state index in [4.69, 9.17) is 0 Å². The van der Waals surface area contributed by atoms with Gasteiger partial charge in [-0.2, -0.15) is 0 Å². The quantitative estimate of drug-likeness (QED) is 0.394. The third-order valence-electron chi connectivity index (χ3n) is 4.00. The van der Waals surface area contributed by atoms with Crippen LogP contribution in [0.25, 0.3) is 0 Å². The Bertz CT molecular complexity index is 661. The van der Waals surface area contributed by atoms with E-state index in [1.165, 1.54) is 0 Å². The molecule has 1 atom stereocenters. The second-order valence-electron chi connectivity index (χ2n) is 6.71. The molecule has 0 aliphatic heterocycles. The zero-order valence-electron chi connectivity index (χ0n) is 16.7. The lowest BCUT2D eigenvalue weighted by Gasteiger charge is -2.19. The molecule has 4 N–H and O–H groups in total. The number of hydrogen-bond donors (Lipinski definition) is 4. The number of amides is 3. The van der Waals surface area contributed by atoms with Gasteiger partial charge in [0.1, 0.15) is 6.04 Å². The van der Waals surface area contributed by atoms with Gasteiger partial charge in [-0.25, -0.2) is 0 Å². The van der Waals surface area contributed by atoms with E-state index in [2.05, 4.69) is 21.3 Å². The zero-order valence-corrected chi connectivity index (χ0v) is 16.7. The van der Waals surface area contributed by atoms with Crippen molar-refractivity contribution < 1.29 is 19.2 Å². The third kappa shape index (κ3) is 9.27. The molecule has 0 unspecified atom stereocenters. The molecule has 1 aromatic carbocycles. The highest BCUT2D eigenvalue weighted by molar-refractivity contribution is 5.93. The molecule has 0 heterocycles. The molecule has 1 aromatic rings. The maximum absolute atomic E-state index is 12.5. The van der Waals surface area contributed by atoms with E-state index in [0.717, 1.165) is 5.56 Å². The summed E-state index contributed by atoms with van der Waals surface area (Å²) in [6.45, 7) is 5.84. The number of benzene rings is 1. The summed E-state index contributed by atoms with van der Waals surface area (Å²) in [7, 11) is 0. The second-order valence-corrected chi connectivity index (χ2v) is 6.71. The van der Waals surface area contributed by atoms with Crippen molar-refractivity contribution in [2.24, 2.45) is 5.92 Å². The lowest BCUT2D eigenvalue weighted by atomic mass is 10.0. The second kappa shape index (κ2) is 12.6. The van der Waals surface area contributed by atoms with Crippen LogP contribution in [0.2, 0.25) is 0 Å². The first-order valence-corrected chi connectivity index (χ1v) is 9.44. The number of carbonyl (C=O) groups excluding carboxylic acids is 4. The highest BCUT2D eigenvalue weighted by Crippen LogP contribution is 2.04.